The molecule has 0 nitrogen and oxygen atoms in total. The number of rotatable bonds is 2. The summed E-state index contributed by atoms with van der Waals surface area (Å²) in [6.07, 6.45) is 8.26. The maximum atomic E-state index is 13.3. The Bertz CT molecular complexity index is 387. The van der Waals surface area contributed by atoms with E-state index >= 15 is 0 Å². The molecule has 0 spiro atoms. The van der Waals surface area contributed by atoms with Gasteiger partial charge in [-0.1, -0.05) is 24.6 Å². The van der Waals surface area contributed by atoms with Crippen LogP contribution in [0.2, 0.25) is 0 Å². The van der Waals surface area contributed by atoms with Crippen molar-refractivity contribution in [1.82, 2.24) is 0 Å². The molecule has 80 valence electrons. The van der Waals surface area contributed by atoms with Crippen LogP contribution in [0.25, 0.3) is 6.08 Å². The Morgan fingerprint density at radius 2 is 2.00 bits per heavy atom. The monoisotopic (exact) mass is 204 g/mol. The number of halogens is 1. The first kappa shape index (κ1) is 10.4. The minimum absolute atomic E-state index is 0.103. The van der Waals surface area contributed by atoms with Gasteiger partial charge in [0.15, 0.2) is 0 Å². The van der Waals surface area contributed by atoms with Crippen molar-refractivity contribution in [2.24, 2.45) is 5.92 Å². The Morgan fingerprint density at radius 3 is 2.60 bits per heavy atom. The minimum atomic E-state index is -0.103. The second kappa shape index (κ2) is 4.18. The molecule has 0 atom stereocenters. The quantitative estimate of drug-likeness (QED) is 0.675. The Hall–Kier alpha value is -1.11. The highest BCUT2D eigenvalue weighted by atomic mass is 19.1. The highest BCUT2D eigenvalue weighted by Gasteiger charge is 2.14. The summed E-state index contributed by atoms with van der Waals surface area (Å²) >= 11 is 0. The Kier molecular flexibility index (Phi) is 2.90. The van der Waals surface area contributed by atoms with E-state index in [9.17, 15) is 4.39 Å². The minimum Gasteiger partial charge on any atom is -0.207 e. The van der Waals surface area contributed by atoms with E-state index in [1.54, 1.807) is 6.07 Å². The number of hydrogen-bond acceptors (Lipinski definition) is 0. The van der Waals surface area contributed by atoms with Crippen LogP contribution in [0.15, 0.2) is 18.2 Å². The second-order valence-electron chi connectivity index (χ2n) is 4.45. The first-order valence-corrected chi connectivity index (χ1v) is 5.62. The van der Waals surface area contributed by atoms with Crippen molar-refractivity contribution in [3.8, 4) is 0 Å². The number of benzene rings is 1. The van der Waals surface area contributed by atoms with Gasteiger partial charge in [0.1, 0.15) is 5.82 Å². The van der Waals surface area contributed by atoms with Gasteiger partial charge >= 0.3 is 0 Å². The molecule has 0 aliphatic heterocycles. The molecule has 0 bridgehead atoms. The molecular formula is C14H17F. The van der Waals surface area contributed by atoms with Crippen LogP contribution < -0.4 is 0 Å². The van der Waals surface area contributed by atoms with Crippen molar-refractivity contribution >= 4 is 6.08 Å². The first-order valence-electron chi connectivity index (χ1n) is 5.62. The molecule has 2 rings (SSSR count). The standard InChI is InChI=1S/C14H17F/c1-10-6-9-14(15)11(2)13(10)8-7-12-4-3-5-12/h6-9,12H,3-5H2,1-2H3/b8-7-. The van der Waals surface area contributed by atoms with Gasteiger partial charge in [-0.2, -0.15) is 0 Å². The maximum absolute atomic E-state index is 13.3. The van der Waals surface area contributed by atoms with Gasteiger partial charge in [0.25, 0.3) is 0 Å². The summed E-state index contributed by atoms with van der Waals surface area (Å²) in [6, 6.07) is 3.40. The Balaban J connectivity index is 2.25. The van der Waals surface area contributed by atoms with E-state index in [0.717, 1.165) is 22.6 Å². The maximum Gasteiger partial charge on any atom is 0.126 e. The second-order valence-corrected chi connectivity index (χ2v) is 4.45. The Morgan fingerprint density at radius 1 is 1.27 bits per heavy atom. The molecule has 1 saturated carbocycles. The van der Waals surface area contributed by atoms with E-state index < -0.39 is 0 Å². The normalized spacial score (nSPS) is 17.0. The summed E-state index contributed by atoms with van der Waals surface area (Å²) < 4.78 is 13.3. The average Bonchev–Trinajstić information content (AvgIpc) is 2.15. The molecule has 0 heterocycles. The van der Waals surface area contributed by atoms with Gasteiger partial charge in [-0.3, -0.25) is 0 Å². The van der Waals surface area contributed by atoms with Gasteiger partial charge in [-0.25, -0.2) is 4.39 Å². The van der Waals surface area contributed by atoms with Gasteiger partial charge in [-0.15, -0.1) is 0 Å². The summed E-state index contributed by atoms with van der Waals surface area (Å²) in [5, 5.41) is 0. The number of allylic oxidation sites excluding steroid dienone is 1. The lowest BCUT2D eigenvalue weighted by Crippen LogP contribution is -2.07. The number of aryl methyl sites for hydroxylation is 1. The molecule has 1 aliphatic carbocycles. The highest BCUT2D eigenvalue weighted by molar-refractivity contribution is 5.58. The highest BCUT2D eigenvalue weighted by Crippen LogP contribution is 2.29. The van der Waals surface area contributed by atoms with E-state index in [1.807, 2.05) is 19.9 Å². The largest absolute Gasteiger partial charge is 0.207 e. The third-order valence-corrected chi connectivity index (χ3v) is 3.35. The van der Waals surface area contributed by atoms with Gasteiger partial charge < -0.3 is 0 Å². The number of hydrogen-bond donors (Lipinski definition) is 0. The average molecular weight is 204 g/mol. The molecule has 1 aromatic rings. The molecule has 0 radical (unpaired) electrons. The van der Waals surface area contributed by atoms with Crippen molar-refractivity contribution in [2.45, 2.75) is 33.1 Å². The predicted molar refractivity (Wildman–Crippen MR) is 62.2 cm³/mol. The van der Waals surface area contributed by atoms with Crippen molar-refractivity contribution in [1.29, 1.82) is 0 Å². The molecule has 1 aliphatic rings. The lowest BCUT2D eigenvalue weighted by molar-refractivity contribution is 0.389. The summed E-state index contributed by atoms with van der Waals surface area (Å²) in [4.78, 5) is 0. The zero-order valence-corrected chi connectivity index (χ0v) is 9.39. The molecule has 0 unspecified atom stereocenters. The zero-order chi connectivity index (χ0) is 10.8. The van der Waals surface area contributed by atoms with Crippen LogP contribution in [0.1, 0.15) is 36.0 Å². The molecule has 0 saturated heterocycles. The zero-order valence-electron chi connectivity index (χ0n) is 9.39. The van der Waals surface area contributed by atoms with Crippen LogP contribution in [-0.4, -0.2) is 0 Å². The van der Waals surface area contributed by atoms with E-state index in [0.29, 0.717) is 0 Å². The van der Waals surface area contributed by atoms with Crippen molar-refractivity contribution in [3.05, 3.63) is 40.7 Å². The smallest absolute Gasteiger partial charge is 0.126 e. The molecular weight excluding hydrogens is 187 g/mol. The van der Waals surface area contributed by atoms with Crippen LogP contribution in [0.5, 0.6) is 0 Å². The lowest BCUT2D eigenvalue weighted by atomic mass is 9.84. The molecule has 1 heteroatoms. The summed E-state index contributed by atoms with van der Waals surface area (Å²) in [7, 11) is 0. The van der Waals surface area contributed by atoms with Crippen molar-refractivity contribution in [3.63, 3.8) is 0 Å². The molecule has 0 aromatic heterocycles. The van der Waals surface area contributed by atoms with Crippen molar-refractivity contribution < 1.29 is 4.39 Å². The molecule has 1 fully saturated rings. The van der Waals surface area contributed by atoms with Crippen LogP contribution in [0.4, 0.5) is 4.39 Å². The summed E-state index contributed by atoms with van der Waals surface area (Å²) in [5.41, 5.74) is 2.98. The molecule has 0 N–H and O–H groups in total. The topological polar surface area (TPSA) is 0 Å². The summed E-state index contributed by atoms with van der Waals surface area (Å²) in [6.45, 7) is 3.88. The first-order chi connectivity index (χ1) is 7.18. The van der Waals surface area contributed by atoms with Gasteiger partial charge in [0.05, 0.1) is 0 Å². The van der Waals surface area contributed by atoms with Gasteiger partial charge in [0, 0.05) is 0 Å². The van der Waals surface area contributed by atoms with Crippen LogP contribution in [-0.2, 0) is 0 Å². The Labute approximate surface area is 90.8 Å². The van der Waals surface area contributed by atoms with Gasteiger partial charge in [0.2, 0.25) is 0 Å². The summed E-state index contributed by atoms with van der Waals surface area (Å²) in [5.74, 6) is 0.626. The van der Waals surface area contributed by atoms with E-state index in [1.165, 1.54) is 19.3 Å². The SMILES string of the molecule is Cc1ccc(F)c(C)c1/C=C\C1CCC1. The van der Waals surface area contributed by atoms with E-state index in [2.05, 4.69) is 12.2 Å². The fourth-order valence-electron chi connectivity index (χ4n) is 1.96. The van der Waals surface area contributed by atoms with E-state index in [-0.39, 0.29) is 5.82 Å². The fourth-order valence-corrected chi connectivity index (χ4v) is 1.96. The van der Waals surface area contributed by atoms with Gasteiger partial charge in [-0.05, 0) is 55.4 Å². The lowest BCUT2D eigenvalue weighted by Gasteiger charge is -2.21. The molecule has 0 amide bonds. The molecule has 1 aromatic carbocycles. The van der Waals surface area contributed by atoms with Crippen LogP contribution in [0.3, 0.4) is 0 Å². The molecule has 15 heavy (non-hydrogen) atoms. The fraction of sp³-hybridized carbons (Fsp3) is 0.429. The third kappa shape index (κ3) is 2.11. The van der Waals surface area contributed by atoms with E-state index in [4.69, 9.17) is 0 Å². The van der Waals surface area contributed by atoms with Crippen LogP contribution >= 0.6 is 0 Å². The third-order valence-electron chi connectivity index (χ3n) is 3.35. The van der Waals surface area contributed by atoms with Crippen LogP contribution in [0, 0.1) is 25.6 Å². The van der Waals surface area contributed by atoms with Crippen molar-refractivity contribution in [2.75, 3.05) is 0 Å². The predicted octanol–water partition coefficient (Wildman–Crippen LogP) is 4.26.